The summed E-state index contributed by atoms with van der Waals surface area (Å²) < 4.78 is 6.32. The van der Waals surface area contributed by atoms with Gasteiger partial charge in [-0.2, -0.15) is 0 Å². The van der Waals surface area contributed by atoms with Crippen molar-refractivity contribution in [2.45, 2.75) is 40.2 Å². The van der Waals surface area contributed by atoms with E-state index in [9.17, 15) is 19.2 Å². The summed E-state index contributed by atoms with van der Waals surface area (Å²) in [5, 5.41) is 3.60. The Balaban J connectivity index is 1.49. The third-order valence-electron chi connectivity index (χ3n) is 6.28. The van der Waals surface area contributed by atoms with Gasteiger partial charge in [0.15, 0.2) is 0 Å². The quantitative estimate of drug-likeness (QED) is 0.485. The molecule has 2 aromatic heterocycles. The third-order valence-corrected chi connectivity index (χ3v) is 7.88. The van der Waals surface area contributed by atoms with Crippen LogP contribution in [0.1, 0.15) is 40.6 Å². The van der Waals surface area contributed by atoms with Crippen LogP contribution in [0.2, 0.25) is 5.02 Å². The van der Waals surface area contributed by atoms with Gasteiger partial charge in [-0.05, 0) is 56.9 Å². The highest BCUT2D eigenvalue weighted by Crippen LogP contribution is 2.30. The zero-order chi connectivity index (χ0) is 26.0. The van der Waals surface area contributed by atoms with Gasteiger partial charge in [-0.15, -0.1) is 11.3 Å². The standard InChI is InChI=1S/C25H27ClN4O5S/c1-4-35-25(34)16-7-9-29(10-8-16)24(33)21-15(3)20-22(36-21)27-13-30(23(20)32)12-19(31)28-17-6-5-14(2)18(26)11-17/h5-6,11,13,16H,4,7-10,12H2,1-3H3,(H,28,31). The molecule has 0 unspecified atom stereocenters. The van der Waals surface area contributed by atoms with Crippen LogP contribution in [-0.2, 0) is 20.9 Å². The first-order chi connectivity index (χ1) is 17.2. The number of benzene rings is 1. The normalized spacial score (nSPS) is 14.2. The summed E-state index contributed by atoms with van der Waals surface area (Å²) in [7, 11) is 0. The summed E-state index contributed by atoms with van der Waals surface area (Å²) in [6, 6.07) is 5.18. The lowest BCUT2D eigenvalue weighted by molar-refractivity contribution is -0.149. The smallest absolute Gasteiger partial charge is 0.309 e. The molecule has 3 aromatic rings. The molecule has 1 N–H and O–H groups in total. The van der Waals surface area contributed by atoms with Crippen molar-refractivity contribution in [3.8, 4) is 0 Å². The van der Waals surface area contributed by atoms with Gasteiger partial charge in [0.25, 0.3) is 11.5 Å². The molecule has 0 atom stereocenters. The number of nitrogens with one attached hydrogen (secondary N) is 1. The van der Waals surface area contributed by atoms with Gasteiger partial charge in [-0.3, -0.25) is 23.7 Å². The molecule has 1 saturated heterocycles. The van der Waals surface area contributed by atoms with Crippen molar-refractivity contribution in [2.24, 2.45) is 5.92 Å². The largest absolute Gasteiger partial charge is 0.466 e. The first kappa shape index (κ1) is 25.8. The van der Waals surface area contributed by atoms with Crippen molar-refractivity contribution >= 4 is 56.6 Å². The van der Waals surface area contributed by atoms with E-state index < -0.39 is 5.91 Å². The van der Waals surface area contributed by atoms with Crippen molar-refractivity contribution in [1.82, 2.24) is 14.5 Å². The molecule has 0 spiro atoms. The lowest BCUT2D eigenvalue weighted by atomic mass is 9.97. The number of hydrogen-bond acceptors (Lipinski definition) is 7. The number of thiophene rings is 1. The molecule has 9 nitrogen and oxygen atoms in total. The number of hydrogen-bond donors (Lipinski definition) is 1. The molecule has 0 radical (unpaired) electrons. The van der Waals surface area contributed by atoms with E-state index in [0.717, 1.165) is 5.56 Å². The van der Waals surface area contributed by atoms with Crippen LogP contribution in [-0.4, -0.2) is 51.9 Å². The molecule has 190 valence electrons. The number of halogens is 1. The van der Waals surface area contributed by atoms with E-state index in [4.69, 9.17) is 16.3 Å². The molecule has 0 saturated carbocycles. The van der Waals surface area contributed by atoms with E-state index >= 15 is 0 Å². The Kier molecular flexibility index (Phi) is 7.75. The monoisotopic (exact) mass is 530 g/mol. The van der Waals surface area contributed by atoms with Gasteiger partial charge in [0.05, 0.1) is 29.1 Å². The molecule has 1 aliphatic rings. The highest BCUT2D eigenvalue weighted by atomic mass is 35.5. The van der Waals surface area contributed by atoms with E-state index in [2.05, 4.69) is 10.3 Å². The fourth-order valence-electron chi connectivity index (χ4n) is 4.22. The summed E-state index contributed by atoms with van der Waals surface area (Å²) in [6.45, 7) is 6.35. The Morgan fingerprint density at radius 1 is 1.22 bits per heavy atom. The number of carbonyl (C=O) groups excluding carboxylic acids is 3. The number of amides is 2. The van der Waals surface area contributed by atoms with Gasteiger partial charge in [-0.1, -0.05) is 17.7 Å². The van der Waals surface area contributed by atoms with E-state index in [1.807, 2.05) is 6.92 Å². The first-order valence-corrected chi connectivity index (χ1v) is 12.9. The molecule has 0 bridgehead atoms. The van der Waals surface area contributed by atoms with Crippen LogP contribution in [0, 0.1) is 19.8 Å². The average Bonchev–Trinajstić information content (AvgIpc) is 3.20. The van der Waals surface area contributed by atoms with Crippen LogP contribution in [0.3, 0.4) is 0 Å². The summed E-state index contributed by atoms with van der Waals surface area (Å²) in [6.07, 6.45) is 2.41. The number of aromatic nitrogens is 2. The molecular formula is C25H27ClN4O5S. The minimum Gasteiger partial charge on any atom is -0.466 e. The summed E-state index contributed by atoms with van der Waals surface area (Å²) in [5.41, 5.74) is 1.59. The fraction of sp³-hybridized carbons (Fsp3) is 0.400. The van der Waals surface area contributed by atoms with Gasteiger partial charge in [-0.25, -0.2) is 4.98 Å². The molecular weight excluding hydrogens is 504 g/mol. The minimum absolute atomic E-state index is 0.183. The molecule has 11 heteroatoms. The zero-order valence-corrected chi connectivity index (χ0v) is 21.9. The predicted octanol–water partition coefficient (Wildman–Crippen LogP) is 3.78. The Labute approximate surface area is 217 Å². The van der Waals surface area contributed by atoms with Crippen molar-refractivity contribution in [3.05, 3.63) is 55.9 Å². The number of nitrogens with zero attached hydrogens (tertiary/aromatic N) is 3. The summed E-state index contributed by atoms with van der Waals surface area (Å²) in [4.78, 5) is 57.9. The number of esters is 1. The fourth-order valence-corrected chi connectivity index (χ4v) is 5.51. The number of piperidine rings is 1. The van der Waals surface area contributed by atoms with Crippen LogP contribution in [0.4, 0.5) is 5.69 Å². The number of rotatable bonds is 6. The minimum atomic E-state index is -0.396. The number of aryl methyl sites for hydroxylation is 2. The maximum absolute atomic E-state index is 13.2. The predicted molar refractivity (Wildman–Crippen MR) is 139 cm³/mol. The van der Waals surface area contributed by atoms with Crippen molar-refractivity contribution in [2.75, 3.05) is 25.0 Å². The van der Waals surface area contributed by atoms with Crippen molar-refractivity contribution in [1.29, 1.82) is 0 Å². The highest BCUT2D eigenvalue weighted by Gasteiger charge is 2.30. The highest BCUT2D eigenvalue weighted by molar-refractivity contribution is 7.20. The number of likely N-dealkylation sites (tertiary alicyclic amines) is 1. The maximum Gasteiger partial charge on any atom is 0.309 e. The van der Waals surface area contributed by atoms with Gasteiger partial charge in [0.2, 0.25) is 5.91 Å². The summed E-state index contributed by atoms with van der Waals surface area (Å²) >= 11 is 7.28. The molecule has 1 aliphatic heterocycles. The second-order valence-corrected chi connectivity index (χ2v) is 10.2. The number of ether oxygens (including phenoxy) is 1. The number of carbonyl (C=O) groups is 3. The topological polar surface area (TPSA) is 111 Å². The van der Waals surface area contributed by atoms with E-state index in [1.165, 1.54) is 22.2 Å². The molecule has 36 heavy (non-hydrogen) atoms. The van der Waals surface area contributed by atoms with Gasteiger partial charge in [0, 0.05) is 23.8 Å². The van der Waals surface area contributed by atoms with Crippen LogP contribution in [0.5, 0.6) is 0 Å². The van der Waals surface area contributed by atoms with E-state index in [0.29, 0.717) is 63.9 Å². The molecule has 4 rings (SSSR count). The van der Waals surface area contributed by atoms with E-state index in [-0.39, 0.29) is 29.9 Å². The van der Waals surface area contributed by atoms with Crippen LogP contribution in [0.15, 0.2) is 29.3 Å². The zero-order valence-electron chi connectivity index (χ0n) is 20.3. The Morgan fingerprint density at radius 3 is 2.61 bits per heavy atom. The second-order valence-electron chi connectivity index (χ2n) is 8.74. The average molecular weight is 531 g/mol. The Morgan fingerprint density at radius 2 is 1.94 bits per heavy atom. The molecule has 1 aromatic carbocycles. The lowest BCUT2D eigenvalue weighted by Crippen LogP contribution is -2.40. The van der Waals surface area contributed by atoms with Crippen LogP contribution < -0.4 is 10.9 Å². The maximum atomic E-state index is 13.2. The van der Waals surface area contributed by atoms with Crippen LogP contribution in [0.25, 0.3) is 10.2 Å². The first-order valence-electron chi connectivity index (χ1n) is 11.7. The Hall–Kier alpha value is -3.24. The second kappa shape index (κ2) is 10.8. The van der Waals surface area contributed by atoms with Gasteiger partial charge in [0.1, 0.15) is 11.4 Å². The molecule has 2 amide bonds. The van der Waals surface area contributed by atoms with Crippen molar-refractivity contribution < 1.29 is 19.1 Å². The van der Waals surface area contributed by atoms with E-state index in [1.54, 1.807) is 36.9 Å². The Bertz CT molecular complexity index is 1390. The molecule has 0 aliphatic carbocycles. The number of fused-ring (bicyclic) bond motifs is 1. The third kappa shape index (κ3) is 5.29. The molecule has 3 heterocycles. The van der Waals surface area contributed by atoms with Crippen LogP contribution >= 0.6 is 22.9 Å². The summed E-state index contributed by atoms with van der Waals surface area (Å²) in [5.74, 6) is -1.00. The lowest BCUT2D eigenvalue weighted by Gasteiger charge is -2.30. The van der Waals surface area contributed by atoms with Gasteiger partial charge >= 0.3 is 5.97 Å². The van der Waals surface area contributed by atoms with Gasteiger partial charge < -0.3 is 15.0 Å². The molecule has 1 fully saturated rings. The SMILES string of the molecule is CCOC(=O)C1CCN(C(=O)c2sc3ncn(CC(=O)Nc4ccc(C)c(Cl)c4)c(=O)c3c2C)CC1. The number of anilines is 1. The van der Waals surface area contributed by atoms with Crippen molar-refractivity contribution in [3.63, 3.8) is 0 Å².